The molecule has 1 aliphatic rings. The van der Waals surface area contributed by atoms with Crippen molar-refractivity contribution in [1.29, 1.82) is 0 Å². The van der Waals surface area contributed by atoms with Crippen LogP contribution >= 0.6 is 11.6 Å². The zero-order chi connectivity index (χ0) is 34.8. The SMILES string of the molecule is COc1ccc(OC)c(N(CC(=O)N(Cc2ccccc2Cl)[C@@H](Cc2ccccc2)C(=O)NC2CCCCC2)S(=O)(=O)c2ccccc2)c1. The van der Waals surface area contributed by atoms with Crippen LogP contribution in [0.5, 0.6) is 11.5 Å². The maximum absolute atomic E-state index is 14.8. The summed E-state index contributed by atoms with van der Waals surface area (Å²) >= 11 is 6.63. The molecule has 1 N–H and O–H groups in total. The van der Waals surface area contributed by atoms with Gasteiger partial charge in [-0.2, -0.15) is 0 Å². The van der Waals surface area contributed by atoms with Crippen LogP contribution in [0.1, 0.15) is 43.2 Å². The highest BCUT2D eigenvalue weighted by Crippen LogP contribution is 2.36. The van der Waals surface area contributed by atoms with Gasteiger partial charge in [0.25, 0.3) is 10.0 Å². The number of carbonyl (C=O) groups excluding carboxylic acids is 2. The molecule has 0 aromatic heterocycles. The highest BCUT2D eigenvalue weighted by atomic mass is 35.5. The number of hydrogen-bond acceptors (Lipinski definition) is 6. The number of methoxy groups -OCH3 is 2. The molecule has 1 saturated carbocycles. The minimum atomic E-state index is -4.33. The normalized spacial score (nSPS) is 14.0. The van der Waals surface area contributed by atoms with Gasteiger partial charge < -0.3 is 19.7 Å². The van der Waals surface area contributed by atoms with Crippen LogP contribution in [0.4, 0.5) is 5.69 Å². The smallest absolute Gasteiger partial charge is 0.264 e. The predicted molar refractivity (Wildman–Crippen MR) is 191 cm³/mol. The van der Waals surface area contributed by atoms with Gasteiger partial charge >= 0.3 is 0 Å². The quantitative estimate of drug-likeness (QED) is 0.158. The van der Waals surface area contributed by atoms with Gasteiger partial charge in [0.15, 0.2) is 0 Å². The van der Waals surface area contributed by atoms with Crippen LogP contribution in [0.15, 0.2) is 108 Å². The molecule has 0 bridgehead atoms. The van der Waals surface area contributed by atoms with Gasteiger partial charge in [0.05, 0.1) is 24.8 Å². The largest absolute Gasteiger partial charge is 0.497 e. The lowest BCUT2D eigenvalue weighted by atomic mass is 9.94. The van der Waals surface area contributed by atoms with E-state index in [1.807, 2.05) is 36.4 Å². The second kappa shape index (κ2) is 16.7. The van der Waals surface area contributed by atoms with Crippen molar-refractivity contribution in [2.24, 2.45) is 0 Å². The first kappa shape index (κ1) is 35.8. The number of anilines is 1. The van der Waals surface area contributed by atoms with Gasteiger partial charge in [-0.3, -0.25) is 13.9 Å². The number of rotatable bonds is 14. The number of nitrogens with one attached hydrogen (secondary N) is 1. The molecule has 1 fully saturated rings. The van der Waals surface area contributed by atoms with Crippen molar-refractivity contribution in [3.8, 4) is 11.5 Å². The van der Waals surface area contributed by atoms with Crippen LogP contribution in [-0.2, 0) is 32.6 Å². The summed E-state index contributed by atoms with van der Waals surface area (Å²) in [6, 6.07) is 28.3. The lowest BCUT2D eigenvalue weighted by Crippen LogP contribution is -2.55. The van der Waals surface area contributed by atoms with Gasteiger partial charge in [-0.15, -0.1) is 0 Å². The maximum atomic E-state index is 14.8. The molecule has 0 spiro atoms. The van der Waals surface area contributed by atoms with E-state index in [1.165, 1.54) is 37.3 Å². The highest BCUT2D eigenvalue weighted by Gasteiger charge is 2.36. The van der Waals surface area contributed by atoms with Crippen molar-refractivity contribution in [3.05, 3.63) is 119 Å². The van der Waals surface area contributed by atoms with E-state index in [9.17, 15) is 18.0 Å². The van der Waals surface area contributed by atoms with Crippen molar-refractivity contribution in [3.63, 3.8) is 0 Å². The molecule has 9 nitrogen and oxygen atoms in total. The number of nitrogens with zero attached hydrogens (tertiary/aromatic N) is 2. The van der Waals surface area contributed by atoms with Gasteiger partial charge in [-0.05, 0) is 54.3 Å². The van der Waals surface area contributed by atoms with Gasteiger partial charge in [-0.25, -0.2) is 8.42 Å². The average Bonchev–Trinajstić information content (AvgIpc) is 3.13. The highest BCUT2D eigenvalue weighted by molar-refractivity contribution is 7.92. The monoisotopic (exact) mass is 703 g/mol. The molecule has 0 aliphatic heterocycles. The Morgan fingerprint density at radius 3 is 2.16 bits per heavy atom. The summed E-state index contributed by atoms with van der Waals surface area (Å²) < 4.78 is 40.8. The molecule has 0 unspecified atom stereocenters. The van der Waals surface area contributed by atoms with Crippen molar-refractivity contribution in [2.45, 2.75) is 62.0 Å². The second-order valence-electron chi connectivity index (χ2n) is 12.0. The summed E-state index contributed by atoms with van der Waals surface area (Å²) in [4.78, 5) is 30.6. The van der Waals surface area contributed by atoms with E-state index in [1.54, 1.807) is 48.5 Å². The lowest BCUT2D eigenvalue weighted by Gasteiger charge is -2.35. The molecule has 11 heteroatoms. The van der Waals surface area contributed by atoms with E-state index in [0.717, 1.165) is 42.0 Å². The zero-order valence-corrected chi connectivity index (χ0v) is 29.3. The fraction of sp³-hybridized carbons (Fsp3) is 0.316. The third-order valence-corrected chi connectivity index (χ3v) is 10.9. The minimum Gasteiger partial charge on any atom is -0.497 e. The number of sulfonamides is 1. The Kier molecular flexibility index (Phi) is 12.2. The second-order valence-corrected chi connectivity index (χ2v) is 14.3. The van der Waals surface area contributed by atoms with E-state index in [4.69, 9.17) is 21.1 Å². The Morgan fingerprint density at radius 1 is 0.857 bits per heavy atom. The molecular weight excluding hydrogens is 662 g/mol. The summed E-state index contributed by atoms with van der Waals surface area (Å²) in [7, 11) is -1.43. The van der Waals surface area contributed by atoms with Crippen LogP contribution in [-0.4, -0.2) is 58.0 Å². The first-order valence-corrected chi connectivity index (χ1v) is 18.2. The molecule has 2 amide bonds. The summed E-state index contributed by atoms with van der Waals surface area (Å²) in [5, 5.41) is 3.64. The molecule has 4 aromatic rings. The third kappa shape index (κ3) is 8.93. The number of halogens is 1. The van der Waals surface area contributed by atoms with Gasteiger partial charge in [0.1, 0.15) is 24.1 Å². The minimum absolute atomic E-state index is 0.00668. The first-order valence-electron chi connectivity index (χ1n) is 16.4. The molecule has 1 atom stereocenters. The molecular formula is C38H42ClN3O6S. The van der Waals surface area contributed by atoms with Crippen molar-refractivity contribution < 1.29 is 27.5 Å². The molecule has 4 aromatic carbocycles. The van der Waals surface area contributed by atoms with E-state index in [0.29, 0.717) is 16.3 Å². The van der Waals surface area contributed by atoms with Gasteiger partial charge in [0, 0.05) is 30.1 Å². The van der Waals surface area contributed by atoms with Gasteiger partial charge in [-0.1, -0.05) is 97.6 Å². The molecule has 1 aliphatic carbocycles. The average molecular weight is 704 g/mol. The van der Waals surface area contributed by atoms with Crippen LogP contribution in [0.3, 0.4) is 0 Å². The van der Waals surface area contributed by atoms with Crippen LogP contribution < -0.4 is 19.1 Å². The number of amides is 2. The van der Waals surface area contributed by atoms with Gasteiger partial charge in [0.2, 0.25) is 11.8 Å². The Hall–Kier alpha value is -4.54. The topological polar surface area (TPSA) is 105 Å². The number of benzene rings is 4. The number of hydrogen-bond donors (Lipinski definition) is 1. The predicted octanol–water partition coefficient (Wildman–Crippen LogP) is 6.64. The molecule has 0 heterocycles. The molecule has 0 radical (unpaired) electrons. The summed E-state index contributed by atoms with van der Waals surface area (Å²) in [5.41, 5.74) is 1.59. The summed E-state index contributed by atoms with van der Waals surface area (Å²) in [6.45, 7) is -0.657. The van der Waals surface area contributed by atoms with Crippen molar-refractivity contribution in [1.82, 2.24) is 10.2 Å². The molecule has 258 valence electrons. The molecule has 5 rings (SSSR count). The summed E-state index contributed by atoms with van der Waals surface area (Å²) in [6.07, 6.45) is 5.10. The Labute approximate surface area is 293 Å². The molecule has 49 heavy (non-hydrogen) atoms. The van der Waals surface area contributed by atoms with Crippen molar-refractivity contribution >= 4 is 39.1 Å². The number of ether oxygens (including phenoxy) is 2. The maximum Gasteiger partial charge on any atom is 0.264 e. The van der Waals surface area contributed by atoms with Crippen LogP contribution in [0.25, 0.3) is 0 Å². The Balaban J connectivity index is 1.61. The molecule has 0 saturated heterocycles. The fourth-order valence-electron chi connectivity index (χ4n) is 6.13. The van der Waals surface area contributed by atoms with E-state index >= 15 is 0 Å². The third-order valence-electron chi connectivity index (χ3n) is 8.79. The Bertz CT molecular complexity index is 1820. The van der Waals surface area contributed by atoms with E-state index < -0.39 is 28.5 Å². The standard InChI is InChI=1S/C38H42ClN3O6S/c1-47-31-22-23-36(48-2)34(25-31)42(49(45,46)32-19-10-5-11-20-32)27-37(43)41(26-29-16-12-13-21-33(29)39)35(24-28-14-6-3-7-15-28)38(44)40-30-17-8-4-9-18-30/h3,5-7,10-16,19-23,25,30,35H,4,8-9,17-18,24,26-27H2,1-2H3,(H,40,44)/t35-/m0/s1. The van der Waals surface area contributed by atoms with Crippen LogP contribution in [0, 0.1) is 0 Å². The van der Waals surface area contributed by atoms with Crippen LogP contribution in [0.2, 0.25) is 5.02 Å². The zero-order valence-electron chi connectivity index (χ0n) is 27.8. The number of carbonyl (C=O) groups is 2. The summed E-state index contributed by atoms with van der Waals surface area (Å²) in [5.74, 6) is -0.295. The van der Waals surface area contributed by atoms with E-state index in [2.05, 4.69) is 5.32 Å². The fourth-order valence-corrected chi connectivity index (χ4v) is 7.77. The Morgan fingerprint density at radius 2 is 1.51 bits per heavy atom. The first-order chi connectivity index (χ1) is 23.7. The van der Waals surface area contributed by atoms with Crippen molar-refractivity contribution in [2.75, 3.05) is 25.1 Å². The lowest BCUT2D eigenvalue weighted by molar-refractivity contribution is -0.140. The van der Waals surface area contributed by atoms with E-state index in [-0.39, 0.29) is 41.2 Å².